The van der Waals surface area contributed by atoms with Gasteiger partial charge in [0.05, 0.1) is 12.7 Å². The molecule has 1 aromatic heterocycles. The first-order valence-corrected chi connectivity index (χ1v) is 6.47. The largest absolute Gasteiger partial charge is 0.385 e. The lowest BCUT2D eigenvalue weighted by Gasteiger charge is -2.32. The Morgan fingerprint density at radius 2 is 2.39 bits per heavy atom. The van der Waals surface area contributed by atoms with Crippen LogP contribution in [0.1, 0.15) is 12.2 Å². The van der Waals surface area contributed by atoms with Crippen LogP contribution in [0.2, 0.25) is 0 Å². The second-order valence-electron chi connectivity index (χ2n) is 4.65. The molecule has 0 aliphatic carbocycles. The molecule has 6 heteroatoms. The fraction of sp³-hybridized carbons (Fsp3) is 0.833. The molecule has 1 aliphatic heterocycles. The fourth-order valence-electron chi connectivity index (χ4n) is 2.19. The van der Waals surface area contributed by atoms with Crippen molar-refractivity contribution in [1.82, 2.24) is 19.7 Å². The molecule has 1 saturated heterocycles. The lowest BCUT2D eigenvalue weighted by molar-refractivity contribution is -0.0414. The van der Waals surface area contributed by atoms with Gasteiger partial charge in [0, 0.05) is 39.9 Å². The molecule has 1 atom stereocenters. The molecular weight excluding hydrogens is 232 g/mol. The standard InChI is InChI=1S/C12H22N4O2/c1-11-14-13-10-16(11)5-4-15-6-8-18-12(9-15)3-7-17-2/h10,12H,3-9H2,1-2H3/t12-/m0/s1. The van der Waals surface area contributed by atoms with Gasteiger partial charge in [-0.25, -0.2) is 0 Å². The average Bonchev–Trinajstić information content (AvgIpc) is 2.80. The summed E-state index contributed by atoms with van der Waals surface area (Å²) in [5.41, 5.74) is 0. The van der Waals surface area contributed by atoms with Gasteiger partial charge in [0.1, 0.15) is 12.2 Å². The number of hydrogen-bond acceptors (Lipinski definition) is 5. The van der Waals surface area contributed by atoms with E-state index in [1.54, 1.807) is 13.4 Å². The minimum absolute atomic E-state index is 0.306. The van der Waals surface area contributed by atoms with Crippen LogP contribution in [0.3, 0.4) is 0 Å². The van der Waals surface area contributed by atoms with Crippen LogP contribution >= 0.6 is 0 Å². The highest BCUT2D eigenvalue weighted by Crippen LogP contribution is 2.09. The molecule has 0 bridgehead atoms. The maximum Gasteiger partial charge on any atom is 0.129 e. The maximum absolute atomic E-state index is 5.72. The molecule has 0 unspecified atom stereocenters. The van der Waals surface area contributed by atoms with E-state index < -0.39 is 0 Å². The van der Waals surface area contributed by atoms with Crippen LogP contribution in [0.5, 0.6) is 0 Å². The molecule has 0 spiro atoms. The maximum atomic E-state index is 5.72. The van der Waals surface area contributed by atoms with Crippen molar-refractivity contribution in [3.05, 3.63) is 12.2 Å². The van der Waals surface area contributed by atoms with Gasteiger partial charge in [-0.3, -0.25) is 4.90 Å². The first-order chi connectivity index (χ1) is 8.79. The zero-order valence-corrected chi connectivity index (χ0v) is 11.2. The Bertz CT molecular complexity index is 356. The summed E-state index contributed by atoms with van der Waals surface area (Å²) in [5, 5.41) is 7.88. The number of hydrogen-bond donors (Lipinski definition) is 0. The van der Waals surface area contributed by atoms with Crippen LogP contribution < -0.4 is 0 Å². The molecule has 0 saturated carbocycles. The molecule has 102 valence electrons. The molecular formula is C12H22N4O2. The zero-order chi connectivity index (χ0) is 12.8. The number of rotatable bonds is 6. The molecule has 0 amide bonds. The number of aryl methyl sites for hydroxylation is 1. The third kappa shape index (κ3) is 3.76. The van der Waals surface area contributed by atoms with Crippen molar-refractivity contribution in [2.75, 3.05) is 40.0 Å². The van der Waals surface area contributed by atoms with E-state index in [4.69, 9.17) is 9.47 Å². The number of morpholine rings is 1. The summed E-state index contributed by atoms with van der Waals surface area (Å²) in [7, 11) is 1.73. The Labute approximate surface area is 108 Å². The summed E-state index contributed by atoms with van der Waals surface area (Å²) in [6, 6.07) is 0. The fourth-order valence-corrected chi connectivity index (χ4v) is 2.19. The van der Waals surface area contributed by atoms with Crippen LogP contribution in [0, 0.1) is 6.92 Å². The van der Waals surface area contributed by atoms with Gasteiger partial charge in [-0.05, 0) is 13.3 Å². The summed E-state index contributed by atoms with van der Waals surface area (Å²) in [5.74, 6) is 0.971. The summed E-state index contributed by atoms with van der Waals surface area (Å²) in [6.45, 7) is 7.52. The average molecular weight is 254 g/mol. The second-order valence-corrected chi connectivity index (χ2v) is 4.65. The molecule has 1 aliphatic rings. The van der Waals surface area contributed by atoms with E-state index in [1.807, 2.05) is 6.92 Å². The van der Waals surface area contributed by atoms with Gasteiger partial charge in [0.2, 0.25) is 0 Å². The molecule has 0 N–H and O–H groups in total. The Morgan fingerprint density at radius 3 is 3.11 bits per heavy atom. The molecule has 18 heavy (non-hydrogen) atoms. The SMILES string of the molecule is COCC[C@H]1CN(CCn2cnnc2C)CCO1. The molecule has 6 nitrogen and oxygen atoms in total. The number of methoxy groups -OCH3 is 1. The molecule has 2 rings (SSSR count). The van der Waals surface area contributed by atoms with Crippen molar-refractivity contribution in [2.24, 2.45) is 0 Å². The summed E-state index contributed by atoms with van der Waals surface area (Å²) < 4.78 is 12.9. The Hall–Kier alpha value is -0.980. The molecule has 1 fully saturated rings. The summed E-state index contributed by atoms with van der Waals surface area (Å²) in [6.07, 6.45) is 3.07. The van der Waals surface area contributed by atoms with Gasteiger partial charge in [-0.1, -0.05) is 0 Å². The molecule has 2 heterocycles. The Balaban J connectivity index is 1.74. The highest BCUT2D eigenvalue weighted by atomic mass is 16.5. The minimum atomic E-state index is 0.306. The van der Waals surface area contributed by atoms with Gasteiger partial charge < -0.3 is 14.0 Å². The molecule has 0 aromatic carbocycles. The van der Waals surface area contributed by atoms with Crippen molar-refractivity contribution in [1.29, 1.82) is 0 Å². The zero-order valence-electron chi connectivity index (χ0n) is 11.2. The van der Waals surface area contributed by atoms with Gasteiger partial charge >= 0.3 is 0 Å². The van der Waals surface area contributed by atoms with Gasteiger partial charge in [-0.15, -0.1) is 10.2 Å². The summed E-state index contributed by atoms with van der Waals surface area (Å²) in [4.78, 5) is 2.43. The van der Waals surface area contributed by atoms with E-state index >= 15 is 0 Å². The monoisotopic (exact) mass is 254 g/mol. The van der Waals surface area contributed by atoms with Crippen LogP contribution in [-0.2, 0) is 16.0 Å². The van der Waals surface area contributed by atoms with E-state index in [2.05, 4.69) is 19.7 Å². The minimum Gasteiger partial charge on any atom is -0.385 e. The first kappa shape index (κ1) is 13.5. The highest BCUT2D eigenvalue weighted by Gasteiger charge is 2.19. The van der Waals surface area contributed by atoms with Gasteiger partial charge in [0.15, 0.2) is 0 Å². The molecule has 0 radical (unpaired) electrons. The number of aromatic nitrogens is 3. The summed E-state index contributed by atoms with van der Waals surface area (Å²) >= 11 is 0. The van der Waals surface area contributed by atoms with Crippen LogP contribution in [0.25, 0.3) is 0 Å². The molecule has 1 aromatic rings. The third-order valence-electron chi connectivity index (χ3n) is 3.33. The van der Waals surface area contributed by atoms with Crippen molar-refractivity contribution in [3.63, 3.8) is 0 Å². The van der Waals surface area contributed by atoms with Crippen molar-refractivity contribution >= 4 is 0 Å². The quantitative estimate of drug-likeness (QED) is 0.732. The predicted molar refractivity (Wildman–Crippen MR) is 67.4 cm³/mol. The highest BCUT2D eigenvalue weighted by molar-refractivity contribution is 4.81. The second kappa shape index (κ2) is 6.82. The van der Waals surface area contributed by atoms with Crippen molar-refractivity contribution in [2.45, 2.75) is 26.0 Å². The lowest BCUT2D eigenvalue weighted by Crippen LogP contribution is -2.44. The first-order valence-electron chi connectivity index (χ1n) is 6.47. The van der Waals surface area contributed by atoms with E-state index in [0.29, 0.717) is 6.10 Å². The third-order valence-corrected chi connectivity index (χ3v) is 3.33. The van der Waals surface area contributed by atoms with E-state index in [0.717, 1.165) is 51.6 Å². The Morgan fingerprint density at radius 1 is 1.50 bits per heavy atom. The number of ether oxygens (including phenoxy) is 2. The predicted octanol–water partition coefficient (Wildman–Crippen LogP) is 0.324. The van der Waals surface area contributed by atoms with Crippen LogP contribution in [0.4, 0.5) is 0 Å². The van der Waals surface area contributed by atoms with Gasteiger partial charge in [0.25, 0.3) is 0 Å². The topological polar surface area (TPSA) is 52.4 Å². The van der Waals surface area contributed by atoms with Crippen molar-refractivity contribution < 1.29 is 9.47 Å². The Kier molecular flexibility index (Phi) is 5.10. The van der Waals surface area contributed by atoms with E-state index in [1.165, 1.54) is 0 Å². The van der Waals surface area contributed by atoms with E-state index in [9.17, 15) is 0 Å². The van der Waals surface area contributed by atoms with Crippen LogP contribution in [-0.4, -0.2) is 65.7 Å². The van der Waals surface area contributed by atoms with Gasteiger partial charge in [-0.2, -0.15) is 0 Å². The number of nitrogens with zero attached hydrogens (tertiary/aromatic N) is 4. The lowest BCUT2D eigenvalue weighted by atomic mass is 10.2. The normalized spacial score (nSPS) is 21.3. The van der Waals surface area contributed by atoms with Crippen molar-refractivity contribution in [3.8, 4) is 0 Å². The van der Waals surface area contributed by atoms with E-state index in [-0.39, 0.29) is 0 Å². The smallest absolute Gasteiger partial charge is 0.129 e. The van der Waals surface area contributed by atoms with Crippen LogP contribution in [0.15, 0.2) is 6.33 Å².